The van der Waals surface area contributed by atoms with Crippen LogP contribution in [0.5, 0.6) is 0 Å². The van der Waals surface area contributed by atoms with Crippen molar-refractivity contribution in [2.75, 3.05) is 37.8 Å². The van der Waals surface area contributed by atoms with E-state index in [9.17, 15) is 17.6 Å². The number of carbonyl (C=O) groups is 1. The van der Waals surface area contributed by atoms with Gasteiger partial charge in [0, 0.05) is 31.9 Å². The van der Waals surface area contributed by atoms with Crippen LogP contribution in [-0.4, -0.2) is 62.0 Å². The summed E-state index contributed by atoms with van der Waals surface area (Å²) in [6, 6.07) is 5.30. The van der Waals surface area contributed by atoms with E-state index in [0.717, 1.165) is 0 Å². The van der Waals surface area contributed by atoms with Crippen molar-refractivity contribution in [3.05, 3.63) is 30.1 Å². The second kappa shape index (κ2) is 6.72. The van der Waals surface area contributed by atoms with Crippen LogP contribution in [0, 0.1) is 5.82 Å². The lowest BCUT2D eigenvalue weighted by atomic mass is 10.2. The number of amides is 1. The summed E-state index contributed by atoms with van der Waals surface area (Å²) in [5, 5.41) is 2.67. The molecule has 1 aromatic rings. The predicted molar refractivity (Wildman–Crippen MR) is 82.5 cm³/mol. The molecule has 0 aromatic heterocycles. The van der Waals surface area contributed by atoms with Gasteiger partial charge < -0.3 is 5.32 Å². The van der Waals surface area contributed by atoms with E-state index in [1.807, 2.05) is 4.90 Å². The number of hydrogen-bond donors (Lipinski definition) is 1. The highest BCUT2D eigenvalue weighted by molar-refractivity contribution is 7.88. The van der Waals surface area contributed by atoms with Crippen LogP contribution in [0.15, 0.2) is 24.3 Å². The maximum absolute atomic E-state index is 13.1. The molecule has 1 unspecified atom stereocenters. The molecule has 0 bridgehead atoms. The first-order valence-corrected chi connectivity index (χ1v) is 8.88. The van der Waals surface area contributed by atoms with Crippen LogP contribution in [-0.2, 0) is 14.8 Å². The van der Waals surface area contributed by atoms with E-state index in [1.165, 1.54) is 28.8 Å². The van der Waals surface area contributed by atoms with Gasteiger partial charge in [-0.1, -0.05) is 6.07 Å². The molecule has 0 spiro atoms. The van der Waals surface area contributed by atoms with Crippen molar-refractivity contribution in [1.82, 2.24) is 9.21 Å². The van der Waals surface area contributed by atoms with Crippen molar-refractivity contribution >= 4 is 21.6 Å². The van der Waals surface area contributed by atoms with Crippen LogP contribution in [0.4, 0.5) is 10.1 Å². The summed E-state index contributed by atoms with van der Waals surface area (Å²) >= 11 is 0. The van der Waals surface area contributed by atoms with Crippen LogP contribution < -0.4 is 5.32 Å². The van der Waals surface area contributed by atoms with E-state index >= 15 is 0 Å². The van der Waals surface area contributed by atoms with E-state index in [0.29, 0.717) is 31.9 Å². The summed E-state index contributed by atoms with van der Waals surface area (Å²) in [6.45, 7) is 3.48. The molecule has 1 atom stereocenters. The Morgan fingerprint density at radius 3 is 2.45 bits per heavy atom. The van der Waals surface area contributed by atoms with Crippen molar-refractivity contribution in [2.45, 2.75) is 13.0 Å². The Kier molecular flexibility index (Phi) is 5.15. The highest BCUT2D eigenvalue weighted by Crippen LogP contribution is 2.13. The number of hydrogen-bond acceptors (Lipinski definition) is 4. The monoisotopic (exact) mass is 329 g/mol. The summed E-state index contributed by atoms with van der Waals surface area (Å²) in [5.41, 5.74) is 0.409. The maximum Gasteiger partial charge on any atom is 0.241 e. The van der Waals surface area contributed by atoms with Gasteiger partial charge in [-0.3, -0.25) is 9.69 Å². The van der Waals surface area contributed by atoms with E-state index < -0.39 is 21.9 Å². The smallest absolute Gasteiger partial charge is 0.241 e. The van der Waals surface area contributed by atoms with Crippen LogP contribution in [0.25, 0.3) is 0 Å². The van der Waals surface area contributed by atoms with Gasteiger partial charge in [0.05, 0.1) is 12.3 Å². The predicted octanol–water partition coefficient (Wildman–Crippen LogP) is 0.730. The molecule has 1 aromatic carbocycles. The van der Waals surface area contributed by atoms with E-state index in [1.54, 1.807) is 13.0 Å². The molecule has 1 heterocycles. The van der Waals surface area contributed by atoms with Crippen LogP contribution >= 0.6 is 0 Å². The lowest BCUT2D eigenvalue weighted by molar-refractivity contribution is -0.121. The van der Waals surface area contributed by atoms with Crippen LogP contribution in [0.1, 0.15) is 6.92 Å². The zero-order chi connectivity index (χ0) is 16.3. The summed E-state index contributed by atoms with van der Waals surface area (Å²) in [5.74, 6) is -0.648. The molecule has 0 aliphatic carbocycles. The fraction of sp³-hybridized carbons (Fsp3) is 0.500. The van der Waals surface area contributed by atoms with Gasteiger partial charge in [0.15, 0.2) is 0 Å². The Hall–Kier alpha value is -1.51. The molecule has 22 heavy (non-hydrogen) atoms. The molecule has 1 aliphatic heterocycles. The first-order valence-electron chi connectivity index (χ1n) is 7.03. The average molecular weight is 329 g/mol. The Bertz CT molecular complexity index is 642. The zero-order valence-corrected chi connectivity index (χ0v) is 13.4. The fourth-order valence-electron chi connectivity index (χ4n) is 2.40. The summed E-state index contributed by atoms with van der Waals surface area (Å²) < 4.78 is 37.4. The van der Waals surface area contributed by atoms with Gasteiger partial charge >= 0.3 is 0 Å². The molecule has 0 radical (unpaired) electrons. The Morgan fingerprint density at radius 2 is 1.91 bits per heavy atom. The quantitative estimate of drug-likeness (QED) is 0.884. The minimum Gasteiger partial charge on any atom is -0.325 e. The molecule has 6 nitrogen and oxygen atoms in total. The first kappa shape index (κ1) is 16.9. The lowest BCUT2D eigenvalue weighted by Gasteiger charge is -2.36. The first-order chi connectivity index (χ1) is 10.3. The summed E-state index contributed by atoms with van der Waals surface area (Å²) in [4.78, 5) is 14.1. The number of sulfonamides is 1. The molecular formula is C14H20FN3O3S. The van der Waals surface area contributed by atoms with Gasteiger partial charge in [0.1, 0.15) is 5.82 Å². The van der Waals surface area contributed by atoms with Gasteiger partial charge in [0.2, 0.25) is 15.9 Å². The number of piperazine rings is 1. The number of carbonyl (C=O) groups excluding carboxylic acids is 1. The minimum absolute atomic E-state index is 0.238. The Balaban J connectivity index is 1.92. The number of anilines is 1. The number of nitrogens with one attached hydrogen (secondary N) is 1. The Morgan fingerprint density at radius 1 is 1.27 bits per heavy atom. The highest BCUT2D eigenvalue weighted by atomic mass is 32.2. The molecule has 122 valence electrons. The van der Waals surface area contributed by atoms with Crippen LogP contribution in [0.3, 0.4) is 0 Å². The standard InChI is InChI=1S/C14H20FN3O3S/c1-11(14(19)16-13-5-3-4-12(15)10-13)17-6-8-18(9-7-17)22(2,20)21/h3-5,10-11H,6-9H2,1-2H3,(H,16,19). The third kappa shape index (κ3) is 4.25. The van der Waals surface area contributed by atoms with E-state index in [4.69, 9.17) is 0 Å². The van der Waals surface area contributed by atoms with Crippen molar-refractivity contribution in [3.8, 4) is 0 Å². The molecule has 0 saturated carbocycles. The van der Waals surface area contributed by atoms with Crippen LogP contribution in [0.2, 0.25) is 0 Å². The van der Waals surface area contributed by atoms with Crippen molar-refractivity contribution in [1.29, 1.82) is 0 Å². The normalized spacial score (nSPS) is 18.9. The summed E-state index contributed by atoms with van der Waals surface area (Å²) in [6.07, 6.45) is 1.18. The fourth-order valence-corrected chi connectivity index (χ4v) is 3.23. The summed E-state index contributed by atoms with van der Waals surface area (Å²) in [7, 11) is -3.18. The van der Waals surface area contributed by atoms with Crippen molar-refractivity contribution < 1.29 is 17.6 Å². The van der Waals surface area contributed by atoms with Crippen molar-refractivity contribution in [3.63, 3.8) is 0 Å². The third-order valence-electron chi connectivity index (χ3n) is 3.76. The number of rotatable bonds is 4. The Labute approximate surface area is 130 Å². The zero-order valence-electron chi connectivity index (χ0n) is 12.6. The molecule has 1 aliphatic rings. The second-order valence-electron chi connectivity index (χ2n) is 5.37. The van der Waals surface area contributed by atoms with Gasteiger partial charge in [-0.25, -0.2) is 12.8 Å². The molecule has 1 N–H and O–H groups in total. The minimum atomic E-state index is -3.18. The number of halogens is 1. The molecule has 1 amide bonds. The molecule has 2 rings (SSSR count). The third-order valence-corrected chi connectivity index (χ3v) is 5.06. The lowest BCUT2D eigenvalue weighted by Crippen LogP contribution is -2.53. The van der Waals surface area contributed by atoms with Gasteiger partial charge in [-0.15, -0.1) is 0 Å². The van der Waals surface area contributed by atoms with E-state index in [-0.39, 0.29) is 5.91 Å². The van der Waals surface area contributed by atoms with Gasteiger partial charge in [-0.05, 0) is 25.1 Å². The second-order valence-corrected chi connectivity index (χ2v) is 7.36. The molecular weight excluding hydrogens is 309 g/mol. The van der Waals surface area contributed by atoms with Gasteiger partial charge in [0.25, 0.3) is 0 Å². The molecule has 1 fully saturated rings. The largest absolute Gasteiger partial charge is 0.325 e. The number of nitrogens with zero attached hydrogens (tertiary/aromatic N) is 2. The average Bonchev–Trinajstić information content (AvgIpc) is 2.45. The topological polar surface area (TPSA) is 69.7 Å². The molecule has 8 heteroatoms. The highest BCUT2D eigenvalue weighted by Gasteiger charge is 2.28. The number of benzene rings is 1. The van der Waals surface area contributed by atoms with Crippen molar-refractivity contribution in [2.24, 2.45) is 0 Å². The maximum atomic E-state index is 13.1. The van der Waals surface area contributed by atoms with E-state index in [2.05, 4.69) is 5.32 Å². The molecule has 1 saturated heterocycles. The van der Waals surface area contributed by atoms with Gasteiger partial charge in [-0.2, -0.15) is 4.31 Å². The SMILES string of the molecule is CC(C(=O)Nc1cccc(F)c1)N1CCN(S(C)(=O)=O)CC1.